The molecule has 236 valence electrons. The highest BCUT2D eigenvalue weighted by Gasteiger charge is 2.50. The number of rotatable bonds is 16. The van der Waals surface area contributed by atoms with E-state index in [-0.39, 0.29) is 11.3 Å². The number of benzene rings is 3. The third kappa shape index (κ3) is 9.52. The molecule has 1 atom stereocenters. The number of aryl methyl sites for hydroxylation is 1. The van der Waals surface area contributed by atoms with Crippen LogP contribution in [0.2, 0.25) is 5.04 Å². The Morgan fingerprint density at radius 2 is 1.61 bits per heavy atom. The van der Waals surface area contributed by atoms with Gasteiger partial charge in [0, 0.05) is 6.61 Å². The van der Waals surface area contributed by atoms with E-state index in [1.165, 1.54) is 27.9 Å². The van der Waals surface area contributed by atoms with Crippen molar-refractivity contribution in [1.29, 1.82) is 0 Å². The first-order valence-electron chi connectivity index (χ1n) is 16.3. The fraction of sp³-hybridized carbons (Fsp3) is 0.436. The first kappa shape index (κ1) is 33.9. The summed E-state index contributed by atoms with van der Waals surface area (Å²) in [6, 6.07) is 30.0. The van der Waals surface area contributed by atoms with Crippen molar-refractivity contribution in [3.05, 3.63) is 114 Å². The number of methoxy groups -OCH3 is 1. The van der Waals surface area contributed by atoms with Crippen LogP contribution in [0.15, 0.2) is 109 Å². The molecule has 4 rings (SSSR count). The second-order valence-corrected chi connectivity index (χ2v) is 17.2. The summed E-state index contributed by atoms with van der Waals surface area (Å²) in [5.74, 6) is 0.906. The summed E-state index contributed by atoms with van der Waals surface area (Å²) in [7, 11) is -0.859. The lowest BCUT2D eigenvalue weighted by atomic mass is 10.0. The van der Waals surface area contributed by atoms with Gasteiger partial charge in [0.25, 0.3) is 8.32 Å². The molecule has 3 aromatic carbocycles. The SMILES string of the molecule is C=C(CCC/C(=C/CCc1cccc(OC)c1)COC1CCCCO1)CO[Si](c1ccccc1)(c1ccccc1)C(C)(C)C. The number of ether oxygens (including phenoxy) is 3. The Hall–Kier alpha value is -2.96. The molecule has 1 aliphatic heterocycles. The Kier molecular flexibility index (Phi) is 13.0. The fourth-order valence-electron chi connectivity index (χ4n) is 6.16. The summed E-state index contributed by atoms with van der Waals surface area (Å²) in [6.07, 6.45) is 10.4. The van der Waals surface area contributed by atoms with Gasteiger partial charge in [-0.2, -0.15) is 0 Å². The van der Waals surface area contributed by atoms with Gasteiger partial charge >= 0.3 is 0 Å². The van der Waals surface area contributed by atoms with Crippen molar-refractivity contribution in [1.82, 2.24) is 0 Å². The average Bonchev–Trinajstić information content (AvgIpc) is 3.04. The lowest BCUT2D eigenvalue weighted by molar-refractivity contribution is -0.157. The quantitative estimate of drug-likeness (QED) is 0.120. The van der Waals surface area contributed by atoms with E-state index in [1.807, 2.05) is 6.07 Å². The zero-order chi connectivity index (χ0) is 31.3. The lowest BCUT2D eigenvalue weighted by Gasteiger charge is -2.43. The van der Waals surface area contributed by atoms with Gasteiger partial charge in [-0.1, -0.05) is 112 Å². The predicted molar refractivity (Wildman–Crippen MR) is 186 cm³/mol. The summed E-state index contributed by atoms with van der Waals surface area (Å²) in [5, 5.41) is 2.55. The van der Waals surface area contributed by atoms with Crippen molar-refractivity contribution in [2.75, 3.05) is 26.9 Å². The van der Waals surface area contributed by atoms with Gasteiger partial charge in [-0.05, 0) is 90.0 Å². The summed E-state index contributed by atoms with van der Waals surface area (Å²) >= 11 is 0. The van der Waals surface area contributed by atoms with Crippen molar-refractivity contribution < 1.29 is 18.6 Å². The van der Waals surface area contributed by atoms with Crippen LogP contribution in [-0.2, 0) is 20.3 Å². The van der Waals surface area contributed by atoms with Gasteiger partial charge in [0.15, 0.2) is 6.29 Å². The van der Waals surface area contributed by atoms with Gasteiger partial charge in [0.05, 0.1) is 20.3 Å². The Morgan fingerprint density at radius 3 is 2.23 bits per heavy atom. The van der Waals surface area contributed by atoms with Crippen LogP contribution in [0.5, 0.6) is 5.75 Å². The third-order valence-electron chi connectivity index (χ3n) is 8.53. The van der Waals surface area contributed by atoms with Crippen molar-refractivity contribution in [2.45, 2.75) is 83.5 Å². The van der Waals surface area contributed by atoms with Crippen molar-refractivity contribution in [3.8, 4) is 5.75 Å². The minimum Gasteiger partial charge on any atom is -0.497 e. The van der Waals surface area contributed by atoms with E-state index in [2.05, 4.69) is 112 Å². The molecule has 0 aliphatic carbocycles. The highest BCUT2D eigenvalue weighted by atomic mass is 28.4. The minimum atomic E-state index is -2.58. The maximum absolute atomic E-state index is 7.12. The maximum Gasteiger partial charge on any atom is 0.261 e. The molecule has 44 heavy (non-hydrogen) atoms. The van der Waals surface area contributed by atoms with Gasteiger partial charge in [-0.3, -0.25) is 0 Å². The smallest absolute Gasteiger partial charge is 0.261 e. The summed E-state index contributed by atoms with van der Waals surface area (Å²) in [4.78, 5) is 0. The van der Waals surface area contributed by atoms with Crippen LogP contribution in [0.4, 0.5) is 0 Å². The molecule has 3 aromatic rings. The van der Waals surface area contributed by atoms with E-state index in [1.54, 1.807) is 7.11 Å². The van der Waals surface area contributed by atoms with Gasteiger partial charge in [0.2, 0.25) is 0 Å². The number of allylic oxidation sites excluding steroid dienone is 1. The molecule has 0 radical (unpaired) electrons. The number of hydrogen-bond acceptors (Lipinski definition) is 4. The highest BCUT2D eigenvalue weighted by Crippen LogP contribution is 2.37. The standard InChI is InChI=1S/C39H52O4Si/c1-32(30-43-44(39(2,3)4,36-23-8-6-9-24-36)37-25-10-7-11-26-37)17-14-20-34(31-42-38-27-12-13-28-41-38)21-15-18-33-19-16-22-35(29-33)40-5/h6-11,16,19,21-26,29,38H,1,12-15,17-18,20,27-28,30-31H2,2-5H3/b34-21-. The van der Waals surface area contributed by atoms with Gasteiger partial charge < -0.3 is 18.6 Å². The van der Waals surface area contributed by atoms with Crippen LogP contribution in [0.25, 0.3) is 0 Å². The molecule has 1 aliphatic rings. The molecule has 0 spiro atoms. The zero-order valence-corrected chi connectivity index (χ0v) is 28.4. The molecule has 0 aromatic heterocycles. The van der Waals surface area contributed by atoms with E-state index in [4.69, 9.17) is 18.6 Å². The lowest BCUT2D eigenvalue weighted by Crippen LogP contribution is -2.66. The van der Waals surface area contributed by atoms with Crippen molar-refractivity contribution in [3.63, 3.8) is 0 Å². The van der Waals surface area contributed by atoms with Crippen LogP contribution in [0, 0.1) is 0 Å². The van der Waals surface area contributed by atoms with Crippen molar-refractivity contribution >= 4 is 18.7 Å². The second kappa shape index (κ2) is 16.9. The normalized spacial score (nSPS) is 16.1. The number of hydrogen-bond donors (Lipinski definition) is 0. The van der Waals surface area contributed by atoms with Gasteiger partial charge in [-0.25, -0.2) is 0 Å². The molecule has 0 saturated carbocycles. The molecule has 1 unspecified atom stereocenters. The molecule has 1 fully saturated rings. The van der Waals surface area contributed by atoms with Gasteiger partial charge in [0.1, 0.15) is 5.75 Å². The topological polar surface area (TPSA) is 36.9 Å². The molecular formula is C39H52O4Si. The van der Waals surface area contributed by atoms with Crippen LogP contribution < -0.4 is 15.1 Å². The summed E-state index contributed by atoms with van der Waals surface area (Å²) < 4.78 is 24.6. The maximum atomic E-state index is 7.12. The van der Waals surface area contributed by atoms with Crippen LogP contribution >= 0.6 is 0 Å². The van der Waals surface area contributed by atoms with Crippen LogP contribution in [0.1, 0.15) is 71.3 Å². The van der Waals surface area contributed by atoms with Crippen LogP contribution in [-0.4, -0.2) is 41.5 Å². The molecule has 5 heteroatoms. The van der Waals surface area contributed by atoms with Crippen LogP contribution in [0.3, 0.4) is 0 Å². The summed E-state index contributed by atoms with van der Waals surface area (Å²) in [6.45, 7) is 13.4. The Morgan fingerprint density at radius 1 is 0.909 bits per heavy atom. The zero-order valence-electron chi connectivity index (χ0n) is 27.4. The monoisotopic (exact) mass is 612 g/mol. The van der Waals surface area contributed by atoms with Crippen molar-refractivity contribution in [2.24, 2.45) is 0 Å². The average molecular weight is 613 g/mol. The summed E-state index contributed by atoms with van der Waals surface area (Å²) in [5.41, 5.74) is 3.76. The van der Waals surface area contributed by atoms with E-state index >= 15 is 0 Å². The first-order valence-corrected chi connectivity index (χ1v) is 18.2. The third-order valence-corrected chi connectivity index (χ3v) is 13.5. The molecule has 1 heterocycles. The largest absolute Gasteiger partial charge is 0.497 e. The fourth-order valence-corrected chi connectivity index (χ4v) is 10.7. The van der Waals surface area contributed by atoms with E-state index in [9.17, 15) is 0 Å². The Balaban J connectivity index is 1.39. The second-order valence-electron chi connectivity index (χ2n) is 12.9. The van der Waals surface area contributed by atoms with E-state index < -0.39 is 8.32 Å². The Labute approximate surface area is 267 Å². The molecule has 4 nitrogen and oxygen atoms in total. The predicted octanol–water partition coefficient (Wildman–Crippen LogP) is 8.40. The van der Waals surface area contributed by atoms with E-state index in [0.29, 0.717) is 13.2 Å². The minimum absolute atomic E-state index is 0.0484. The molecule has 0 N–H and O–H groups in total. The molecule has 0 amide bonds. The Bertz CT molecular complexity index is 1270. The molecular weight excluding hydrogens is 561 g/mol. The van der Waals surface area contributed by atoms with Gasteiger partial charge in [-0.15, -0.1) is 0 Å². The highest BCUT2D eigenvalue weighted by molar-refractivity contribution is 6.99. The first-order chi connectivity index (χ1) is 21.3. The van der Waals surface area contributed by atoms with E-state index in [0.717, 1.165) is 62.9 Å². The molecule has 1 saturated heterocycles. The molecule has 0 bridgehead atoms.